The van der Waals surface area contributed by atoms with Crippen LogP contribution in [-0.2, 0) is 6.54 Å². The molecule has 0 saturated carbocycles. The minimum Gasteiger partial charge on any atom is -0.494 e. The van der Waals surface area contributed by atoms with E-state index < -0.39 is 0 Å². The van der Waals surface area contributed by atoms with E-state index in [0.717, 1.165) is 25.1 Å². The van der Waals surface area contributed by atoms with Gasteiger partial charge in [-0.3, -0.25) is 4.68 Å². The van der Waals surface area contributed by atoms with Crippen LogP contribution in [-0.4, -0.2) is 23.4 Å². The zero-order valence-electron chi connectivity index (χ0n) is 13.2. The van der Waals surface area contributed by atoms with Crippen molar-refractivity contribution in [3.63, 3.8) is 0 Å². The van der Waals surface area contributed by atoms with Gasteiger partial charge in [0, 0.05) is 19.2 Å². The molecule has 2 aromatic rings. The van der Waals surface area contributed by atoms with E-state index in [1.165, 1.54) is 11.3 Å². The highest BCUT2D eigenvalue weighted by Crippen LogP contribution is 2.18. The van der Waals surface area contributed by atoms with Crippen LogP contribution < -0.4 is 10.1 Å². The number of nitrogens with zero attached hydrogens (tertiary/aromatic N) is 2. The lowest BCUT2D eigenvalue weighted by Crippen LogP contribution is -2.22. The van der Waals surface area contributed by atoms with Gasteiger partial charge in [-0.25, -0.2) is 0 Å². The number of hydrogen-bond acceptors (Lipinski definition) is 3. The number of nitrogens with one attached hydrogen (secondary N) is 1. The van der Waals surface area contributed by atoms with Crippen molar-refractivity contribution in [2.45, 2.75) is 39.3 Å². The van der Waals surface area contributed by atoms with Crippen LogP contribution in [0.3, 0.4) is 0 Å². The Kier molecular flexibility index (Phi) is 5.81. The summed E-state index contributed by atoms with van der Waals surface area (Å²) in [7, 11) is 1.99. The highest BCUT2D eigenvalue weighted by molar-refractivity contribution is 5.27. The fraction of sp³-hybridized carbons (Fsp3) is 0.471. The molecule has 0 fully saturated rings. The second-order valence-corrected chi connectivity index (χ2v) is 5.27. The van der Waals surface area contributed by atoms with E-state index >= 15 is 0 Å². The normalized spacial score (nSPS) is 12.3. The lowest BCUT2D eigenvalue weighted by molar-refractivity contribution is 0.286. The Morgan fingerprint density at radius 2 is 2.19 bits per heavy atom. The minimum atomic E-state index is 0.267. The molecule has 0 aliphatic heterocycles. The predicted octanol–water partition coefficient (Wildman–Crippen LogP) is 3.33. The minimum absolute atomic E-state index is 0.267. The molecule has 4 heteroatoms. The van der Waals surface area contributed by atoms with Crippen molar-refractivity contribution in [3.05, 3.63) is 47.8 Å². The van der Waals surface area contributed by atoms with E-state index in [1.807, 2.05) is 25.4 Å². The quantitative estimate of drug-likeness (QED) is 0.809. The largest absolute Gasteiger partial charge is 0.494 e. The molecule has 0 radical (unpaired) electrons. The molecule has 2 rings (SSSR count). The van der Waals surface area contributed by atoms with Gasteiger partial charge >= 0.3 is 0 Å². The molecule has 0 saturated heterocycles. The van der Waals surface area contributed by atoms with Crippen LogP contribution in [0.4, 0.5) is 0 Å². The third-order valence-electron chi connectivity index (χ3n) is 3.56. The van der Waals surface area contributed by atoms with Crippen molar-refractivity contribution < 1.29 is 4.74 Å². The van der Waals surface area contributed by atoms with Crippen molar-refractivity contribution in [2.24, 2.45) is 0 Å². The van der Waals surface area contributed by atoms with Gasteiger partial charge in [0.15, 0.2) is 0 Å². The van der Waals surface area contributed by atoms with Gasteiger partial charge in [0.2, 0.25) is 0 Å². The van der Waals surface area contributed by atoms with Crippen LogP contribution in [0.25, 0.3) is 0 Å². The molecule has 1 atom stereocenters. The molecule has 0 spiro atoms. The van der Waals surface area contributed by atoms with Crippen LogP contribution >= 0.6 is 0 Å². The Labute approximate surface area is 127 Å². The van der Waals surface area contributed by atoms with E-state index in [0.29, 0.717) is 6.61 Å². The summed E-state index contributed by atoms with van der Waals surface area (Å²) in [5.41, 5.74) is 2.45. The van der Waals surface area contributed by atoms with Gasteiger partial charge < -0.3 is 10.1 Å². The maximum absolute atomic E-state index is 5.85. The molecule has 1 heterocycles. The first-order chi connectivity index (χ1) is 10.2. The topological polar surface area (TPSA) is 39.1 Å². The summed E-state index contributed by atoms with van der Waals surface area (Å²) in [5, 5.41) is 7.75. The van der Waals surface area contributed by atoms with Crippen molar-refractivity contribution in [3.8, 4) is 5.75 Å². The summed E-state index contributed by atoms with van der Waals surface area (Å²) in [6.07, 6.45) is 3.88. The van der Waals surface area contributed by atoms with Gasteiger partial charge in [-0.1, -0.05) is 19.1 Å². The molecule has 4 nitrogen and oxygen atoms in total. The summed E-state index contributed by atoms with van der Waals surface area (Å²) in [6, 6.07) is 10.5. The second kappa shape index (κ2) is 7.84. The third kappa shape index (κ3) is 4.33. The highest BCUT2D eigenvalue weighted by atomic mass is 16.5. The molecule has 1 unspecified atom stereocenters. The first-order valence-corrected chi connectivity index (χ1v) is 7.63. The summed E-state index contributed by atoms with van der Waals surface area (Å²) in [6.45, 7) is 5.89. The van der Waals surface area contributed by atoms with E-state index in [4.69, 9.17) is 4.74 Å². The SMILES string of the molecule is CCCn1nccc1C(CCOc1cccc(C)c1)NC. The first-order valence-electron chi connectivity index (χ1n) is 7.63. The molecule has 0 aliphatic carbocycles. The Balaban J connectivity index is 1.92. The van der Waals surface area contributed by atoms with Crippen molar-refractivity contribution in [2.75, 3.05) is 13.7 Å². The Bertz CT molecular complexity index is 550. The number of aryl methyl sites for hydroxylation is 2. The zero-order valence-corrected chi connectivity index (χ0v) is 13.2. The van der Waals surface area contributed by atoms with Crippen LogP contribution in [0.15, 0.2) is 36.5 Å². The van der Waals surface area contributed by atoms with E-state index in [1.54, 1.807) is 0 Å². The van der Waals surface area contributed by atoms with E-state index in [2.05, 4.69) is 47.1 Å². The number of rotatable bonds is 8. The number of ether oxygens (including phenoxy) is 1. The fourth-order valence-electron chi connectivity index (χ4n) is 2.48. The number of benzene rings is 1. The highest BCUT2D eigenvalue weighted by Gasteiger charge is 2.14. The monoisotopic (exact) mass is 287 g/mol. The van der Waals surface area contributed by atoms with Gasteiger partial charge in [0.05, 0.1) is 18.3 Å². The zero-order chi connectivity index (χ0) is 15.1. The lowest BCUT2D eigenvalue weighted by Gasteiger charge is -2.18. The Morgan fingerprint density at radius 1 is 1.33 bits per heavy atom. The van der Waals surface area contributed by atoms with Crippen LogP contribution in [0.2, 0.25) is 0 Å². The smallest absolute Gasteiger partial charge is 0.119 e. The first kappa shape index (κ1) is 15.6. The summed E-state index contributed by atoms with van der Waals surface area (Å²) >= 11 is 0. The van der Waals surface area contributed by atoms with E-state index in [9.17, 15) is 0 Å². The van der Waals surface area contributed by atoms with Crippen molar-refractivity contribution in [1.29, 1.82) is 0 Å². The Morgan fingerprint density at radius 3 is 2.90 bits per heavy atom. The Hall–Kier alpha value is -1.81. The van der Waals surface area contributed by atoms with Crippen LogP contribution in [0, 0.1) is 6.92 Å². The lowest BCUT2D eigenvalue weighted by atomic mass is 10.1. The molecule has 1 aromatic carbocycles. The predicted molar refractivity (Wildman–Crippen MR) is 85.6 cm³/mol. The van der Waals surface area contributed by atoms with Crippen molar-refractivity contribution in [1.82, 2.24) is 15.1 Å². The molecule has 0 bridgehead atoms. The summed E-state index contributed by atoms with van der Waals surface area (Å²) < 4.78 is 7.92. The van der Waals surface area contributed by atoms with Crippen LogP contribution in [0.1, 0.15) is 37.1 Å². The van der Waals surface area contributed by atoms with Gasteiger partial charge in [-0.2, -0.15) is 5.10 Å². The molecule has 0 aliphatic rings. The fourth-order valence-corrected chi connectivity index (χ4v) is 2.48. The molecule has 21 heavy (non-hydrogen) atoms. The maximum Gasteiger partial charge on any atom is 0.119 e. The van der Waals surface area contributed by atoms with Gasteiger partial charge in [0.1, 0.15) is 5.75 Å². The molecule has 1 N–H and O–H groups in total. The number of aromatic nitrogens is 2. The average Bonchev–Trinajstić information content (AvgIpc) is 2.92. The summed E-state index contributed by atoms with van der Waals surface area (Å²) in [5.74, 6) is 0.937. The summed E-state index contributed by atoms with van der Waals surface area (Å²) in [4.78, 5) is 0. The molecular formula is C17H25N3O. The van der Waals surface area contributed by atoms with Crippen LogP contribution in [0.5, 0.6) is 5.75 Å². The van der Waals surface area contributed by atoms with Gasteiger partial charge in [-0.15, -0.1) is 0 Å². The standard InChI is InChI=1S/C17H25N3O/c1-4-11-20-17(8-10-19-20)16(18-3)9-12-21-15-7-5-6-14(2)13-15/h5-8,10,13,16,18H,4,9,11-12H2,1-3H3. The van der Waals surface area contributed by atoms with Gasteiger partial charge in [0.25, 0.3) is 0 Å². The number of hydrogen-bond donors (Lipinski definition) is 1. The second-order valence-electron chi connectivity index (χ2n) is 5.27. The van der Waals surface area contributed by atoms with E-state index in [-0.39, 0.29) is 6.04 Å². The van der Waals surface area contributed by atoms with Crippen molar-refractivity contribution >= 4 is 0 Å². The molecule has 0 amide bonds. The average molecular weight is 287 g/mol. The molecular weight excluding hydrogens is 262 g/mol. The third-order valence-corrected chi connectivity index (χ3v) is 3.56. The molecule has 1 aromatic heterocycles. The maximum atomic E-state index is 5.85. The molecule has 114 valence electrons. The van der Waals surface area contributed by atoms with Gasteiger partial charge in [-0.05, 0) is 44.2 Å².